The first kappa shape index (κ1) is 13.5. The third kappa shape index (κ3) is 3.31. The number of hydrogen-bond donors (Lipinski definition) is 2. The molecule has 19 heavy (non-hydrogen) atoms. The lowest BCUT2D eigenvalue weighted by molar-refractivity contribution is -0.142. The van der Waals surface area contributed by atoms with Crippen LogP contribution in [0.15, 0.2) is 18.7 Å². The van der Waals surface area contributed by atoms with Gasteiger partial charge in [0.25, 0.3) is 0 Å². The number of piperidine rings is 1. The lowest BCUT2D eigenvalue weighted by Gasteiger charge is -2.32. The standard InChI is InChI=1S/C12H18N4O3/c13-10(12(18)19)7-11(17)15-4-1-9(2-5-15)16-6-3-14-8-16/h3,6,8-10H,1-2,4-5,7,13H2,(H,18,19). The van der Waals surface area contributed by atoms with Gasteiger partial charge in [-0.05, 0) is 12.8 Å². The van der Waals surface area contributed by atoms with Crippen LogP contribution in [0.1, 0.15) is 25.3 Å². The monoisotopic (exact) mass is 266 g/mol. The largest absolute Gasteiger partial charge is 0.480 e. The molecule has 1 aromatic rings. The number of carboxylic acid groups (broad SMARTS) is 1. The van der Waals surface area contributed by atoms with Crippen molar-refractivity contribution in [3.63, 3.8) is 0 Å². The van der Waals surface area contributed by atoms with Gasteiger partial charge in [0, 0.05) is 31.5 Å². The Morgan fingerprint density at radius 1 is 1.42 bits per heavy atom. The smallest absolute Gasteiger partial charge is 0.321 e. The summed E-state index contributed by atoms with van der Waals surface area (Å²) >= 11 is 0. The fourth-order valence-corrected chi connectivity index (χ4v) is 2.30. The van der Waals surface area contributed by atoms with E-state index in [1.54, 1.807) is 17.4 Å². The third-order valence-corrected chi connectivity index (χ3v) is 3.48. The van der Waals surface area contributed by atoms with E-state index in [0.29, 0.717) is 19.1 Å². The average Bonchev–Trinajstić information content (AvgIpc) is 2.92. The number of aliphatic carboxylic acids is 1. The SMILES string of the molecule is NC(CC(=O)N1CCC(n2ccnc2)CC1)C(=O)O. The number of carbonyl (C=O) groups is 2. The highest BCUT2D eigenvalue weighted by molar-refractivity contribution is 5.84. The molecule has 0 aromatic carbocycles. The van der Waals surface area contributed by atoms with Gasteiger partial charge in [0.05, 0.1) is 12.7 Å². The number of amides is 1. The molecule has 1 amide bonds. The van der Waals surface area contributed by atoms with Crippen molar-refractivity contribution in [1.82, 2.24) is 14.5 Å². The maximum Gasteiger partial charge on any atom is 0.321 e. The van der Waals surface area contributed by atoms with Gasteiger partial charge in [-0.1, -0.05) is 0 Å². The van der Waals surface area contributed by atoms with Gasteiger partial charge < -0.3 is 20.3 Å². The van der Waals surface area contributed by atoms with Gasteiger partial charge in [0.2, 0.25) is 5.91 Å². The lowest BCUT2D eigenvalue weighted by Crippen LogP contribution is -2.43. The molecule has 0 bridgehead atoms. The van der Waals surface area contributed by atoms with E-state index in [1.165, 1.54) is 0 Å². The Balaban J connectivity index is 1.83. The van der Waals surface area contributed by atoms with Crippen molar-refractivity contribution >= 4 is 11.9 Å². The highest BCUT2D eigenvalue weighted by Gasteiger charge is 2.26. The van der Waals surface area contributed by atoms with Crippen LogP contribution < -0.4 is 5.73 Å². The van der Waals surface area contributed by atoms with Crippen LogP contribution in [0.5, 0.6) is 0 Å². The van der Waals surface area contributed by atoms with Crippen molar-refractivity contribution in [2.75, 3.05) is 13.1 Å². The van der Waals surface area contributed by atoms with Crippen LogP contribution in [0.25, 0.3) is 0 Å². The molecule has 2 heterocycles. The highest BCUT2D eigenvalue weighted by atomic mass is 16.4. The summed E-state index contributed by atoms with van der Waals surface area (Å²) in [5.74, 6) is -1.32. The van der Waals surface area contributed by atoms with Gasteiger partial charge in [0.1, 0.15) is 6.04 Å². The van der Waals surface area contributed by atoms with Gasteiger partial charge in [-0.25, -0.2) is 4.98 Å². The average molecular weight is 266 g/mol. The van der Waals surface area contributed by atoms with Crippen molar-refractivity contribution < 1.29 is 14.7 Å². The molecular weight excluding hydrogens is 248 g/mol. The summed E-state index contributed by atoms with van der Waals surface area (Å²) in [6.45, 7) is 1.27. The summed E-state index contributed by atoms with van der Waals surface area (Å²) in [6.07, 6.45) is 7.01. The van der Waals surface area contributed by atoms with Crippen LogP contribution in [-0.4, -0.2) is 50.6 Å². The van der Waals surface area contributed by atoms with Crippen LogP contribution in [0.3, 0.4) is 0 Å². The maximum atomic E-state index is 11.9. The molecule has 1 fully saturated rings. The quantitative estimate of drug-likeness (QED) is 0.789. The molecule has 0 aliphatic carbocycles. The number of imidazole rings is 1. The van der Waals surface area contributed by atoms with Crippen molar-refractivity contribution in [3.8, 4) is 0 Å². The topological polar surface area (TPSA) is 101 Å². The number of hydrogen-bond acceptors (Lipinski definition) is 4. The molecular formula is C12H18N4O3. The minimum atomic E-state index is -1.14. The number of carboxylic acids is 1. The van der Waals surface area contributed by atoms with Gasteiger partial charge >= 0.3 is 5.97 Å². The summed E-state index contributed by atoms with van der Waals surface area (Å²) in [5, 5.41) is 8.69. The van der Waals surface area contributed by atoms with Crippen molar-refractivity contribution in [3.05, 3.63) is 18.7 Å². The number of aromatic nitrogens is 2. The summed E-state index contributed by atoms with van der Waals surface area (Å²) in [7, 11) is 0. The molecule has 0 saturated carbocycles. The molecule has 1 aliphatic heterocycles. The molecule has 2 rings (SSSR count). The Labute approximate surface area is 111 Å². The van der Waals surface area contributed by atoms with E-state index in [2.05, 4.69) is 4.98 Å². The van der Waals surface area contributed by atoms with Crippen LogP contribution >= 0.6 is 0 Å². The molecule has 7 nitrogen and oxygen atoms in total. The lowest BCUT2D eigenvalue weighted by atomic mass is 10.0. The fourth-order valence-electron chi connectivity index (χ4n) is 2.30. The van der Waals surface area contributed by atoms with E-state index < -0.39 is 12.0 Å². The van der Waals surface area contributed by atoms with Crippen molar-refractivity contribution in [2.24, 2.45) is 5.73 Å². The van der Waals surface area contributed by atoms with E-state index in [-0.39, 0.29) is 12.3 Å². The first-order chi connectivity index (χ1) is 9.08. The second-order valence-electron chi connectivity index (χ2n) is 4.77. The zero-order valence-electron chi connectivity index (χ0n) is 10.6. The molecule has 1 aromatic heterocycles. The van der Waals surface area contributed by atoms with Crippen LogP contribution in [0.4, 0.5) is 0 Å². The molecule has 1 atom stereocenters. The molecule has 7 heteroatoms. The van der Waals surface area contributed by atoms with Gasteiger partial charge in [-0.15, -0.1) is 0 Å². The predicted octanol–water partition coefficient (Wildman–Crippen LogP) is -0.151. The molecule has 3 N–H and O–H groups in total. The van der Waals surface area contributed by atoms with Crippen molar-refractivity contribution in [2.45, 2.75) is 31.3 Å². The molecule has 0 radical (unpaired) electrons. The van der Waals surface area contributed by atoms with Crippen LogP contribution in [-0.2, 0) is 9.59 Å². The Bertz CT molecular complexity index is 438. The molecule has 104 valence electrons. The first-order valence-corrected chi connectivity index (χ1v) is 6.31. The zero-order valence-corrected chi connectivity index (χ0v) is 10.6. The number of likely N-dealkylation sites (tertiary alicyclic amines) is 1. The minimum Gasteiger partial charge on any atom is -0.480 e. The highest BCUT2D eigenvalue weighted by Crippen LogP contribution is 2.22. The Kier molecular flexibility index (Phi) is 4.16. The summed E-state index contributed by atoms with van der Waals surface area (Å²) in [6, 6.07) is -0.751. The predicted molar refractivity (Wildman–Crippen MR) is 67.3 cm³/mol. The Hall–Kier alpha value is -1.89. The Morgan fingerprint density at radius 2 is 2.11 bits per heavy atom. The maximum absolute atomic E-state index is 11.9. The first-order valence-electron chi connectivity index (χ1n) is 6.31. The van der Waals surface area contributed by atoms with Gasteiger partial charge in [-0.2, -0.15) is 0 Å². The van der Waals surface area contributed by atoms with E-state index in [4.69, 9.17) is 10.8 Å². The molecule has 1 saturated heterocycles. The van der Waals surface area contributed by atoms with E-state index in [1.807, 2.05) is 10.8 Å². The summed E-state index contributed by atoms with van der Waals surface area (Å²) in [4.78, 5) is 28.2. The summed E-state index contributed by atoms with van der Waals surface area (Å²) < 4.78 is 2.05. The van der Waals surface area contributed by atoms with E-state index in [0.717, 1.165) is 12.8 Å². The third-order valence-electron chi connectivity index (χ3n) is 3.48. The molecule has 1 aliphatic rings. The normalized spacial score (nSPS) is 18.3. The Morgan fingerprint density at radius 3 is 2.63 bits per heavy atom. The zero-order chi connectivity index (χ0) is 13.8. The van der Waals surface area contributed by atoms with Gasteiger partial charge in [-0.3, -0.25) is 9.59 Å². The van der Waals surface area contributed by atoms with Crippen LogP contribution in [0, 0.1) is 0 Å². The second kappa shape index (κ2) is 5.83. The number of carbonyl (C=O) groups excluding carboxylic acids is 1. The minimum absolute atomic E-state index is 0.134. The van der Waals surface area contributed by atoms with Crippen molar-refractivity contribution in [1.29, 1.82) is 0 Å². The van der Waals surface area contributed by atoms with E-state index >= 15 is 0 Å². The molecule has 1 unspecified atom stereocenters. The number of nitrogens with two attached hydrogens (primary N) is 1. The fraction of sp³-hybridized carbons (Fsp3) is 0.583. The van der Waals surface area contributed by atoms with E-state index in [9.17, 15) is 9.59 Å². The number of nitrogens with zero attached hydrogens (tertiary/aromatic N) is 3. The van der Waals surface area contributed by atoms with Gasteiger partial charge in [0.15, 0.2) is 0 Å². The second-order valence-corrected chi connectivity index (χ2v) is 4.77. The van der Waals surface area contributed by atoms with Crippen LogP contribution in [0.2, 0.25) is 0 Å². The number of rotatable bonds is 4. The summed E-state index contributed by atoms with van der Waals surface area (Å²) in [5.41, 5.74) is 5.37. The molecule has 0 spiro atoms.